The van der Waals surface area contributed by atoms with Gasteiger partial charge in [-0.15, -0.1) is 0 Å². The SMILES string of the molecule is CCC(NC(=O)CC1NC(=O)c2ccccc21)c1ccccc1. The molecule has 2 unspecified atom stereocenters. The summed E-state index contributed by atoms with van der Waals surface area (Å²) in [5.41, 5.74) is 2.67. The first-order chi connectivity index (χ1) is 11.2. The standard InChI is InChI=1S/C19H20N2O2/c1-2-16(13-8-4-3-5-9-13)20-18(22)12-17-14-10-6-7-11-15(14)19(23)21-17/h3-11,16-17H,2,12H2,1H3,(H,20,22)(H,21,23). The van der Waals surface area contributed by atoms with Crippen LogP contribution >= 0.6 is 0 Å². The highest BCUT2D eigenvalue weighted by atomic mass is 16.2. The van der Waals surface area contributed by atoms with E-state index in [4.69, 9.17) is 0 Å². The van der Waals surface area contributed by atoms with Gasteiger partial charge in [-0.2, -0.15) is 0 Å². The third-order valence-electron chi connectivity index (χ3n) is 4.22. The fourth-order valence-electron chi connectivity index (χ4n) is 3.03. The monoisotopic (exact) mass is 308 g/mol. The molecule has 0 saturated carbocycles. The van der Waals surface area contributed by atoms with Gasteiger partial charge in [0.1, 0.15) is 0 Å². The predicted molar refractivity (Wildman–Crippen MR) is 88.9 cm³/mol. The molecule has 4 nitrogen and oxygen atoms in total. The van der Waals surface area contributed by atoms with Crippen molar-refractivity contribution in [2.45, 2.75) is 31.8 Å². The highest BCUT2D eigenvalue weighted by Crippen LogP contribution is 2.27. The van der Waals surface area contributed by atoms with Gasteiger partial charge in [-0.25, -0.2) is 0 Å². The summed E-state index contributed by atoms with van der Waals surface area (Å²) in [6.45, 7) is 2.05. The third kappa shape index (κ3) is 3.26. The van der Waals surface area contributed by atoms with Gasteiger partial charge < -0.3 is 10.6 Å². The molecule has 1 aliphatic rings. The second kappa shape index (κ2) is 6.65. The third-order valence-corrected chi connectivity index (χ3v) is 4.22. The van der Waals surface area contributed by atoms with Crippen molar-refractivity contribution < 1.29 is 9.59 Å². The highest BCUT2D eigenvalue weighted by Gasteiger charge is 2.29. The normalized spacial score (nSPS) is 17.3. The van der Waals surface area contributed by atoms with Crippen molar-refractivity contribution >= 4 is 11.8 Å². The molecule has 0 radical (unpaired) electrons. The molecule has 0 bridgehead atoms. The van der Waals surface area contributed by atoms with E-state index >= 15 is 0 Å². The van der Waals surface area contributed by atoms with Gasteiger partial charge >= 0.3 is 0 Å². The number of amides is 2. The molecule has 118 valence electrons. The largest absolute Gasteiger partial charge is 0.349 e. The van der Waals surface area contributed by atoms with Crippen LogP contribution in [0.15, 0.2) is 54.6 Å². The van der Waals surface area contributed by atoms with E-state index in [1.165, 1.54) is 0 Å². The van der Waals surface area contributed by atoms with Gasteiger partial charge in [-0.3, -0.25) is 9.59 Å². The van der Waals surface area contributed by atoms with Crippen molar-refractivity contribution in [2.24, 2.45) is 0 Å². The lowest BCUT2D eigenvalue weighted by Crippen LogP contribution is -2.31. The van der Waals surface area contributed by atoms with Gasteiger partial charge in [0, 0.05) is 5.56 Å². The summed E-state index contributed by atoms with van der Waals surface area (Å²) in [5.74, 6) is -0.156. The van der Waals surface area contributed by atoms with Crippen LogP contribution in [0.2, 0.25) is 0 Å². The number of carbonyl (C=O) groups excluding carboxylic acids is 2. The summed E-state index contributed by atoms with van der Waals surface area (Å²) in [6, 6.07) is 17.1. The first-order valence-electron chi connectivity index (χ1n) is 7.93. The molecule has 0 spiro atoms. The van der Waals surface area contributed by atoms with Crippen LogP contribution in [-0.4, -0.2) is 11.8 Å². The van der Waals surface area contributed by atoms with Crippen molar-refractivity contribution in [1.82, 2.24) is 10.6 Å². The minimum absolute atomic E-state index is 0.00366. The van der Waals surface area contributed by atoms with Crippen LogP contribution in [-0.2, 0) is 4.79 Å². The molecule has 0 saturated heterocycles. The molecule has 0 aromatic heterocycles. The number of carbonyl (C=O) groups is 2. The molecule has 1 heterocycles. The van der Waals surface area contributed by atoms with E-state index in [-0.39, 0.29) is 30.3 Å². The van der Waals surface area contributed by atoms with Gasteiger partial charge in [0.25, 0.3) is 5.91 Å². The molecule has 1 aliphatic heterocycles. The zero-order valence-electron chi connectivity index (χ0n) is 13.1. The minimum atomic E-state index is -0.244. The average molecular weight is 308 g/mol. The molecule has 0 fully saturated rings. The molecular formula is C19H20N2O2. The highest BCUT2D eigenvalue weighted by molar-refractivity contribution is 5.99. The van der Waals surface area contributed by atoms with Crippen molar-refractivity contribution in [1.29, 1.82) is 0 Å². The smallest absolute Gasteiger partial charge is 0.252 e. The second-order valence-corrected chi connectivity index (χ2v) is 5.76. The minimum Gasteiger partial charge on any atom is -0.349 e. The number of hydrogen-bond donors (Lipinski definition) is 2. The lowest BCUT2D eigenvalue weighted by Gasteiger charge is -2.19. The molecule has 2 aromatic rings. The first-order valence-corrected chi connectivity index (χ1v) is 7.93. The van der Waals surface area contributed by atoms with E-state index in [0.29, 0.717) is 5.56 Å². The van der Waals surface area contributed by atoms with Crippen LogP contribution in [0.4, 0.5) is 0 Å². The summed E-state index contributed by atoms with van der Waals surface area (Å²) in [4.78, 5) is 24.3. The number of hydrogen-bond acceptors (Lipinski definition) is 2. The summed E-state index contributed by atoms with van der Waals surface area (Å²) < 4.78 is 0. The maximum Gasteiger partial charge on any atom is 0.252 e. The second-order valence-electron chi connectivity index (χ2n) is 5.76. The Labute approximate surface area is 135 Å². The van der Waals surface area contributed by atoms with Gasteiger partial charge in [0.15, 0.2) is 0 Å². The van der Waals surface area contributed by atoms with Crippen molar-refractivity contribution in [2.75, 3.05) is 0 Å². The maximum absolute atomic E-state index is 12.4. The summed E-state index contributed by atoms with van der Waals surface area (Å²) in [5, 5.41) is 5.95. The molecular weight excluding hydrogens is 288 g/mol. The molecule has 2 amide bonds. The van der Waals surface area contributed by atoms with Gasteiger partial charge in [-0.1, -0.05) is 55.5 Å². The van der Waals surface area contributed by atoms with Crippen molar-refractivity contribution in [3.63, 3.8) is 0 Å². The first kappa shape index (κ1) is 15.3. The van der Waals surface area contributed by atoms with E-state index in [9.17, 15) is 9.59 Å². The van der Waals surface area contributed by atoms with Crippen LogP contribution in [0.3, 0.4) is 0 Å². The number of rotatable bonds is 5. The number of fused-ring (bicyclic) bond motifs is 1. The van der Waals surface area contributed by atoms with E-state index in [2.05, 4.69) is 10.6 Å². The van der Waals surface area contributed by atoms with Crippen LogP contribution in [0.5, 0.6) is 0 Å². The van der Waals surface area contributed by atoms with Crippen LogP contribution in [0.25, 0.3) is 0 Å². The molecule has 23 heavy (non-hydrogen) atoms. The quantitative estimate of drug-likeness (QED) is 0.891. The lowest BCUT2D eigenvalue weighted by molar-refractivity contribution is -0.122. The Bertz CT molecular complexity index is 712. The maximum atomic E-state index is 12.4. The molecule has 2 aromatic carbocycles. The summed E-state index contributed by atoms with van der Waals surface area (Å²) >= 11 is 0. The van der Waals surface area contributed by atoms with E-state index in [1.54, 1.807) is 6.07 Å². The van der Waals surface area contributed by atoms with Crippen LogP contribution in [0, 0.1) is 0 Å². The Morgan fingerprint density at radius 3 is 2.57 bits per heavy atom. The van der Waals surface area contributed by atoms with Gasteiger partial charge in [0.05, 0.1) is 18.5 Å². The Kier molecular flexibility index (Phi) is 4.42. The van der Waals surface area contributed by atoms with Crippen LogP contribution in [0.1, 0.15) is 53.3 Å². The Balaban J connectivity index is 1.67. The molecule has 4 heteroatoms. The Morgan fingerprint density at radius 1 is 1.13 bits per heavy atom. The molecule has 0 aliphatic carbocycles. The lowest BCUT2D eigenvalue weighted by atomic mass is 10.0. The van der Waals surface area contributed by atoms with Gasteiger partial charge in [-0.05, 0) is 23.6 Å². The summed E-state index contributed by atoms with van der Waals surface area (Å²) in [7, 11) is 0. The van der Waals surface area contributed by atoms with Gasteiger partial charge in [0.2, 0.25) is 5.91 Å². The van der Waals surface area contributed by atoms with E-state index in [0.717, 1.165) is 17.5 Å². The van der Waals surface area contributed by atoms with E-state index in [1.807, 2.05) is 55.5 Å². The number of nitrogens with one attached hydrogen (secondary N) is 2. The molecule has 2 atom stereocenters. The average Bonchev–Trinajstić information content (AvgIpc) is 2.90. The summed E-state index contributed by atoms with van der Waals surface area (Å²) in [6.07, 6.45) is 1.08. The number of benzene rings is 2. The molecule has 2 N–H and O–H groups in total. The fraction of sp³-hybridized carbons (Fsp3) is 0.263. The topological polar surface area (TPSA) is 58.2 Å². The predicted octanol–water partition coefficient (Wildman–Crippen LogP) is 3.13. The Hall–Kier alpha value is -2.62. The zero-order chi connectivity index (χ0) is 16.2. The fourth-order valence-corrected chi connectivity index (χ4v) is 3.03. The zero-order valence-corrected chi connectivity index (χ0v) is 13.1. The molecule has 3 rings (SSSR count). The van der Waals surface area contributed by atoms with Crippen molar-refractivity contribution in [3.8, 4) is 0 Å². The van der Waals surface area contributed by atoms with E-state index < -0.39 is 0 Å². The van der Waals surface area contributed by atoms with Crippen LogP contribution < -0.4 is 10.6 Å². The Morgan fingerprint density at radius 2 is 1.83 bits per heavy atom. The van der Waals surface area contributed by atoms with Crippen molar-refractivity contribution in [3.05, 3.63) is 71.3 Å².